The van der Waals surface area contributed by atoms with E-state index in [0.717, 1.165) is 0 Å². The Morgan fingerprint density at radius 1 is 1.09 bits per heavy atom. The first-order chi connectivity index (χ1) is 16.0. The molecule has 34 heavy (non-hydrogen) atoms. The van der Waals surface area contributed by atoms with Crippen LogP contribution in [0.15, 0.2) is 0 Å². The van der Waals surface area contributed by atoms with Crippen molar-refractivity contribution in [3.8, 4) is 0 Å². The van der Waals surface area contributed by atoms with Gasteiger partial charge in [-0.15, -0.1) is 0 Å². The van der Waals surface area contributed by atoms with Gasteiger partial charge in [-0.1, -0.05) is 20.3 Å². The molecule has 5 unspecified atom stereocenters. The van der Waals surface area contributed by atoms with Crippen molar-refractivity contribution in [1.29, 1.82) is 0 Å². The highest BCUT2D eigenvalue weighted by atomic mass is 16.4. The third-order valence-electron chi connectivity index (χ3n) is 6.25. The minimum Gasteiger partial charge on any atom is -0.480 e. The first-order valence-corrected chi connectivity index (χ1v) is 11.9. The molecule has 1 aliphatic heterocycles. The molecule has 4 amide bonds. The fourth-order valence-electron chi connectivity index (χ4n) is 3.85. The van der Waals surface area contributed by atoms with Crippen molar-refractivity contribution >= 4 is 29.6 Å². The van der Waals surface area contributed by atoms with Crippen LogP contribution in [-0.2, 0) is 24.0 Å². The van der Waals surface area contributed by atoms with Gasteiger partial charge in [0.25, 0.3) is 0 Å². The largest absolute Gasteiger partial charge is 0.480 e. The Hall–Kier alpha value is -2.73. The number of likely N-dealkylation sites (tertiary alicyclic amines) is 1. The summed E-state index contributed by atoms with van der Waals surface area (Å²) >= 11 is 0. The Bertz CT molecular complexity index is 733. The van der Waals surface area contributed by atoms with Crippen LogP contribution >= 0.6 is 0 Å². The molecule has 1 heterocycles. The highest BCUT2D eigenvalue weighted by molar-refractivity contribution is 5.94. The maximum atomic E-state index is 13.4. The molecule has 0 saturated carbocycles. The quantitative estimate of drug-likeness (QED) is 0.155. The number of carbonyl (C=O) groups is 5. The molecule has 12 nitrogen and oxygen atoms in total. The second kappa shape index (κ2) is 14.5. The number of rotatable bonds is 15. The number of carbonyl (C=O) groups excluding carboxylic acids is 4. The molecule has 9 N–H and O–H groups in total. The predicted molar refractivity (Wildman–Crippen MR) is 125 cm³/mol. The van der Waals surface area contributed by atoms with Gasteiger partial charge < -0.3 is 37.8 Å². The summed E-state index contributed by atoms with van der Waals surface area (Å²) in [5, 5.41) is 14.5. The number of hydrogen-bond donors (Lipinski definition) is 6. The van der Waals surface area contributed by atoms with E-state index in [1.165, 1.54) is 4.90 Å². The monoisotopic (exact) mass is 484 g/mol. The standard InChI is InChI=1S/C22H40N6O6/c1-3-13(2)18(25)20(31)26-14(7-4-5-11-23)21(32)28-12-6-8-16(28)19(30)27-15(22(33)34)9-10-17(24)29/h13-16,18H,3-12,23,25H2,1-2H3,(H2,24,29)(H,26,31)(H,27,30)(H,33,34). The van der Waals surface area contributed by atoms with E-state index in [2.05, 4.69) is 10.6 Å². The van der Waals surface area contributed by atoms with E-state index in [4.69, 9.17) is 17.2 Å². The first-order valence-electron chi connectivity index (χ1n) is 11.9. The van der Waals surface area contributed by atoms with E-state index < -0.39 is 53.8 Å². The van der Waals surface area contributed by atoms with Crippen molar-refractivity contribution in [2.75, 3.05) is 13.1 Å². The van der Waals surface area contributed by atoms with Gasteiger partial charge in [0.1, 0.15) is 18.1 Å². The number of nitrogens with one attached hydrogen (secondary N) is 2. The summed E-state index contributed by atoms with van der Waals surface area (Å²) in [5.74, 6) is -3.51. The number of amides is 4. The Balaban J connectivity index is 2.95. The van der Waals surface area contributed by atoms with Crippen LogP contribution in [0.1, 0.15) is 65.2 Å². The summed E-state index contributed by atoms with van der Waals surface area (Å²) in [6.45, 7) is 4.52. The summed E-state index contributed by atoms with van der Waals surface area (Å²) in [4.78, 5) is 62.7. The lowest BCUT2D eigenvalue weighted by Crippen LogP contribution is -2.57. The zero-order chi connectivity index (χ0) is 25.8. The van der Waals surface area contributed by atoms with Crippen LogP contribution in [-0.4, -0.2) is 76.9 Å². The molecular weight excluding hydrogens is 444 g/mol. The molecule has 194 valence electrons. The second-order valence-electron chi connectivity index (χ2n) is 8.85. The van der Waals surface area contributed by atoms with Gasteiger partial charge in [-0.3, -0.25) is 19.2 Å². The average molecular weight is 485 g/mol. The summed E-state index contributed by atoms with van der Waals surface area (Å²) in [6, 6.07) is -3.81. The molecule has 0 spiro atoms. The van der Waals surface area contributed by atoms with E-state index in [0.29, 0.717) is 51.6 Å². The predicted octanol–water partition coefficient (Wildman–Crippen LogP) is -1.20. The van der Waals surface area contributed by atoms with Crippen LogP contribution in [0.3, 0.4) is 0 Å². The lowest BCUT2D eigenvalue weighted by atomic mass is 9.98. The fourth-order valence-corrected chi connectivity index (χ4v) is 3.85. The van der Waals surface area contributed by atoms with Crippen molar-refractivity contribution < 1.29 is 29.1 Å². The minimum absolute atomic E-state index is 0.0709. The van der Waals surface area contributed by atoms with Crippen molar-refractivity contribution in [2.24, 2.45) is 23.1 Å². The maximum absolute atomic E-state index is 13.4. The number of primary amides is 1. The normalized spacial score (nSPS) is 19.1. The molecule has 5 atom stereocenters. The highest BCUT2D eigenvalue weighted by Crippen LogP contribution is 2.21. The van der Waals surface area contributed by atoms with Gasteiger partial charge in [-0.05, 0) is 51.0 Å². The van der Waals surface area contributed by atoms with E-state index >= 15 is 0 Å². The zero-order valence-corrected chi connectivity index (χ0v) is 20.1. The molecule has 12 heteroatoms. The first kappa shape index (κ1) is 29.3. The van der Waals surface area contributed by atoms with Gasteiger partial charge in [0.05, 0.1) is 6.04 Å². The molecule has 0 aromatic rings. The smallest absolute Gasteiger partial charge is 0.326 e. The van der Waals surface area contributed by atoms with Crippen molar-refractivity contribution in [3.05, 3.63) is 0 Å². The third kappa shape index (κ3) is 8.90. The second-order valence-corrected chi connectivity index (χ2v) is 8.85. The van der Waals surface area contributed by atoms with Crippen LogP contribution in [0.2, 0.25) is 0 Å². The van der Waals surface area contributed by atoms with E-state index in [1.807, 2.05) is 13.8 Å². The molecular formula is C22H40N6O6. The Kier molecular flexibility index (Phi) is 12.5. The van der Waals surface area contributed by atoms with Gasteiger partial charge in [0.2, 0.25) is 23.6 Å². The summed E-state index contributed by atoms with van der Waals surface area (Å²) in [6.07, 6.45) is 2.88. The van der Waals surface area contributed by atoms with Gasteiger partial charge in [-0.2, -0.15) is 0 Å². The number of unbranched alkanes of at least 4 members (excludes halogenated alkanes) is 1. The van der Waals surface area contributed by atoms with Gasteiger partial charge in [-0.25, -0.2) is 4.79 Å². The van der Waals surface area contributed by atoms with Crippen LogP contribution in [0.5, 0.6) is 0 Å². The molecule has 0 radical (unpaired) electrons. The molecule has 0 bridgehead atoms. The average Bonchev–Trinajstić information content (AvgIpc) is 3.29. The van der Waals surface area contributed by atoms with E-state index in [1.54, 1.807) is 0 Å². The number of aliphatic carboxylic acids is 1. The Morgan fingerprint density at radius 2 is 1.76 bits per heavy atom. The topological polar surface area (TPSA) is 211 Å². The van der Waals surface area contributed by atoms with Crippen molar-refractivity contribution in [1.82, 2.24) is 15.5 Å². The Morgan fingerprint density at radius 3 is 2.32 bits per heavy atom. The number of nitrogens with two attached hydrogens (primary N) is 3. The van der Waals surface area contributed by atoms with E-state index in [9.17, 15) is 29.1 Å². The van der Waals surface area contributed by atoms with Gasteiger partial charge >= 0.3 is 5.97 Å². The van der Waals surface area contributed by atoms with Crippen LogP contribution in [0, 0.1) is 5.92 Å². The van der Waals surface area contributed by atoms with Crippen molar-refractivity contribution in [3.63, 3.8) is 0 Å². The minimum atomic E-state index is -1.30. The SMILES string of the molecule is CCC(C)C(N)C(=O)NC(CCCCN)C(=O)N1CCCC1C(=O)NC(CCC(N)=O)C(=O)O. The third-order valence-corrected chi connectivity index (χ3v) is 6.25. The fraction of sp³-hybridized carbons (Fsp3) is 0.773. The molecule has 1 fully saturated rings. The summed E-state index contributed by atoms with van der Waals surface area (Å²) in [5.41, 5.74) is 16.7. The molecule has 0 aliphatic carbocycles. The molecule has 0 aromatic carbocycles. The molecule has 1 rings (SSSR count). The van der Waals surface area contributed by atoms with Gasteiger partial charge in [0, 0.05) is 13.0 Å². The van der Waals surface area contributed by atoms with Crippen LogP contribution in [0.4, 0.5) is 0 Å². The van der Waals surface area contributed by atoms with E-state index in [-0.39, 0.29) is 18.8 Å². The lowest BCUT2D eigenvalue weighted by molar-refractivity contribution is -0.145. The number of hydrogen-bond acceptors (Lipinski definition) is 7. The van der Waals surface area contributed by atoms with Crippen LogP contribution < -0.4 is 27.8 Å². The maximum Gasteiger partial charge on any atom is 0.326 e. The van der Waals surface area contributed by atoms with Crippen molar-refractivity contribution in [2.45, 2.75) is 89.4 Å². The molecule has 1 aliphatic rings. The number of nitrogens with zero attached hydrogens (tertiary/aromatic N) is 1. The summed E-state index contributed by atoms with van der Waals surface area (Å²) in [7, 11) is 0. The number of carboxylic acids is 1. The zero-order valence-electron chi connectivity index (χ0n) is 20.1. The summed E-state index contributed by atoms with van der Waals surface area (Å²) < 4.78 is 0. The number of carboxylic acid groups (broad SMARTS) is 1. The van der Waals surface area contributed by atoms with Crippen LogP contribution in [0.25, 0.3) is 0 Å². The molecule has 0 aromatic heterocycles. The Labute approximate surface area is 200 Å². The van der Waals surface area contributed by atoms with Gasteiger partial charge in [0.15, 0.2) is 0 Å². The highest BCUT2D eigenvalue weighted by Gasteiger charge is 2.39. The lowest BCUT2D eigenvalue weighted by Gasteiger charge is -2.30. The molecule has 1 saturated heterocycles.